The van der Waals surface area contributed by atoms with Gasteiger partial charge in [-0.05, 0) is 58.4 Å². The summed E-state index contributed by atoms with van der Waals surface area (Å²) in [5, 5.41) is 3.88. The maximum atomic E-state index is 11.9. The van der Waals surface area contributed by atoms with Gasteiger partial charge in [0.25, 0.3) is 0 Å². The van der Waals surface area contributed by atoms with Crippen LogP contribution in [0.2, 0.25) is 5.02 Å². The summed E-state index contributed by atoms with van der Waals surface area (Å²) in [5.74, 6) is 0.0105. The second kappa shape index (κ2) is 7.84. The number of carbonyl (C=O) groups excluding carboxylic acids is 1. The Labute approximate surface area is 132 Å². The van der Waals surface area contributed by atoms with Gasteiger partial charge in [-0.3, -0.25) is 4.79 Å². The summed E-state index contributed by atoms with van der Waals surface area (Å²) in [6.45, 7) is 9.43. The van der Waals surface area contributed by atoms with Crippen LogP contribution in [0.3, 0.4) is 0 Å². The van der Waals surface area contributed by atoms with Crippen molar-refractivity contribution >= 4 is 23.1 Å². The highest BCUT2D eigenvalue weighted by Crippen LogP contribution is 2.26. The molecular formula is C18H22ClNO. The van der Waals surface area contributed by atoms with Crippen molar-refractivity contribution in [2.45, 2.75) is 34.6 Å². The second-order valence-electron chi connectivity index (χ2n) is 5.19. The van der Waals surface area contributed by atoms with E-state index < -0.39 is 0 Å². The van der Waals surface area contributed by atoms with Gasteiger partial charge in [0.1, 0.15) is 0 Å². The summed E-state index contributed by atoms with van der Waals surface area (Å²) in [5.41, 5.74) is 4.41. The van der Waals surface area contributed by atoms with E-state index in [9.17, 15) is 4.79 Å². The predicted octanol–water partition coefficient (Wildman–Crippen LogP) is 5.45. The van der Waals surface area contributed by atoms with E-state index in [1.807, 2.05) is 64.1 Å². The first-order chi connectivity index (χ1) is 9.85. The molecule has 0 radical (unpaired) electrons. The average molecular weight is 304 g/mol. The summed E-state index contributed by atoms with van der Waals surface area (Å²) >= 11 is 6.24. The number of halogens is 1. The lowest BCUT2D eigenvalue weighted by Gasteiger charge is -2.14. The SMILES string of the molecule is C/C=C(Nc1ccc(C)cc1Cl)/C(=C\C=C(C)C)C(C)=O. The van der Waals surface area contributed by atoms with E-state index >= 15 is 0 Å². The molecular weight excluding hydrogens is 282 g/mol. The molecule has 0 unspecified atom stereocenters. The van der Waals surface area contributed by atoms with E-state index in [0.29, 0.717) is 10.6 Å². The highest BCUT2D eigenvalue weighted by atomic mass is 35.5. The number of benzene rings is 1. The molecule has 0 aliphatic rings. The Kier molecular flexibility index (Phi) is 6.44. The Bertz CT molecular complexity index is 620. The lowest BCUT2D eigenvalue weighted by Crippen LogP contribution is -2.09. The zero-order valence-electron chi connectivity index (χ0n) is 13.3. The van der Waals surface area contributed by atoms with Crippen LogP contribution in [0, 0.1) is 6.92 Å². The third-order valence-corrected chi connectivity index (χ3v) is 3.25. The molecule has 1 rings (SSSR count). The zero-order valence-corrected chi connectivity index (χ0v) is 14.0. The smallest absolute Gasteiger partial charge is 0.161 e. The molecule has 0 aliphatic carbocycles. The van der Waals surface area contributed by atoms with Crippen molar-refractivity contribution < 1.29 is 4.79 Å². The molecule has 2 nitrogen and oxygen atoms in total. The fourth-order valence-corrected chi connectivity index (χ4v) is 2.09. The number of hydrogen-bond donors (Lipinski definition) is 1. The largest absolute Gasteiger partial charge is 0.354 e. The number of ketones is 1. The first kappa shape index (κ1) is 17.3. The minimum absolute atomic E-state index is 0.0105. The molecule has 0 aromatic heterocycles. The van der Waals surface area contributed by atoms with Gasteiger partial charge in [0.2, 0.25) is 0 Å². The van der Waals surface area contributed by atoms with Crippen molar-refractivity contribution in [1.29, 1.82) is 0 Å². The van der Waals surface area contributed by atoms with Crippen LogP contribution >= 0.6 is 11.6 Å². The lowest BCUT2D eigenvalue weighted by molar-refractivity contribution is -0.113. The van der Waals surface area contributed by atoms with Gasteiger partial charge >= 0.3 is 0 Å². The Balaban J connectivity index is 3.14. The molecule has 1 N–H and O–H groups in total. The number of allylic oxidation sites excluding steroid dienone is 5. The molecule has 0 amide bonds. The Morgan fingerprint density at radius 2 is 1.86 bits per heavy atom. The molecule has 21 heavy (non-hydrogen) atoms. The summed E-state index contributed by atoms with van der Waals surface area (Å²) in [6, 6.07) is 5.79. The average Bonchev–Trinajstić information content (AvgIpc) is 2.39. The van der Waals surface area contributed by atoms with E-state index in [2.05, 4.69) is 5.32 Å². The number of rotatable bonds is 5. The van der Waals surface area contributed by atoms with Crippen molar-refractivity contribution in [2.24, 2.45) is 0 Å². The van der Waals surface area contributed by atoms with Crippen molar-refractivity contribution in [2.75, 3.05) is 5.32 Å². The van der Waals surface area contributed by atoms with Crippen LogP contribution in [0.15, 0.2) is 53.3 Å². The quantitative estimate of drug-likeness (QED) is 0.579. The van der Waals surface area contributed by atoms with Gasteiger partial charge in [-0.25, -0.2) is 0 Å². The topological polar surface area (TPSA) is 29.1 Å². The van der Waals surface area contributed by atoms with Crippen LogP contribution < -0.4 is 5.32 Å². The van der Waals surface area contributed by atoms with E-state index in [1.54, 1.807) is 6.92 Å². The Morgan fingerprint density at radius 1 is 1.19 bits per heavy atom. The van der Waals surface area contributed by atoms with Crippen LogP contribution in [0.1, 0.15) is 33.3 Å². The van der Waals surface area contributed by atoms with E-state index in [4.69, 9.17) is 11.6 Å². The van der Waals surface area contributed by atoms with Gasteiger partial charge in [0.05, 0.1) is 10.7 Å². The van der Waals surface area contributed by atoms with Crippen LogP contribution in [0.25, 0.3) is 0 Å². The molecule has 0 saturated heterocycles. The second-order valence-corrected chi connectivity index (χ2v) is 5.60. The summed E-state index contributed by atoms with van der Waals surface area (Å²) in [7, 11) is 0. The fourth-order valence-electron chi connectivity index (χ4n) is 1.81. The third-order valence-electron chi connectivity index (χ3n) is 2.94. The normalized spacial score (nSPS) is 12.1. The van der Waals surface area contributed by atoms with Crippen LogP contribution in [0.4, 0.5) is 5.69 Å². The molecule has 112 valence electrons. The first-order valence-corrected chi connectivity index (χ1v) is 7.29. The zero-order chi connectivity index (χ0) is 16.0. The van der Waals surface area contributed by atoms with Gasteiger partial charge in [0.15, 0.2) is 5.78 Å². The van der Waals surface area contributed by atoms with E-state index in [0.717, 1.165) is 22.5 Å². The maximum absolute atomic E-state index is 11.9. The van der Waals surface area contributed by atoms with Crippen molar-refractivity contribution in [1.82, 2.24) is 0 Å². The summed E-state index contributed by atoms with van der Waals surface area (Å²) in [6.07, 6.45) is 5.64. The van der Waals surface area contributed by atoms with E-state index in [-0.39, 0.29) is 5.78 Å². The molecule has 0 atom stereocenters. The van der Waals surface area contributed by atoms with Crippen molar-refractivity contribution in [3.8, 4) is 0 Å². The monoisotopic (exact) mass is 303 g/mol. The first-order valence-electron chi connectivity index (χ1n) is 6.91. The minimum Gasteiger partial charge on any atom is -0.354 e. The summed E-state index contributed by atoms with van der Waals surface area (Å²) < 4.78 is 0. The van der Waals surface area contributed by atoms with Crippen LogP contribution in [-0.4, -0.2) is 5.78 Å². The Hall–Kier alpha value is -1.80. The molecule has 3 heteroatoms. The number of Topliss-reactive ketones (excluding diaryl/α,β-unsaturated/α-hetero) is 1. The predicted molar refractivity (Wildman–Crippen MR) is 91.8 cm³/mol. The molecule has 0 bridgehead atoms. The standard InChI is InChI=1S/C18H22ClNO/c1-6-17(15(14(5)21)9-7-12(2)3)20-18-10-8-13(4)11-16(18)19/h6-11,20H,1-5H3/b15-9-,17-6-. The molecule has 0 spiro atoms. The number of carbonyl (C=O) groups is 1. The van der Waals surface area contributed by atoms with Gasteiger partial charge in [-0.2, -0.15) is 0 Å². The highest BCUT2D eigenvalue weighted by molar-refractivity contribution is 6.33. The molecule has 1 aromatic rings. The molecule has 0 aliphatic heterocycles. The van der Waals surface area contributed by atoms with Gasteiger partial charge in [0, 0.05) is 11.3 Å². The lowest BCUT2D eigenvalue weighted by atomic mass is 10.1. The number of aryl methyl sites for hydroxylation is 1. The highest BCUT2D eigenvalue weighted by Gasteiger charge is 2.11. The number of anilines is 1. The minimum atomic E-state index is 0.0105. The summed E-state index contributed by atoms with van der Waals surface area (Å²) in [4.78, 5) is 11.9. The molecule has 1 aromatic carbocycles. The van der Waals surface area contributed by atoms with Crippen LogP contribution in [-0.2, 0) is 4.79 Å². The maximum Gasteiger partial charge on any atom is 0.161 e. The van der Waals surface area contributed by atoms with E-state index in [1.165, 1.54) is 0 Å². The Morgan fingerprint density at radius 3 is 2.33 bits per heavy atom. The molecule has 0 heterocycles. The van der Waals surface area contributed by atoms with Gasteiger partial charge in [-0.15, -0.1) is 0 Å². The fraction of sp³-hybridized carbons (Fsp3) is 0.278. The number of nitrogens with one attached hydrogen (secondary N) is 1. The molecule has 0 fully saturated rings. The van der Waals surface area contributed by atoms with Crippen LogP contribution in [0.5, 0.6) is 0 Å². The number of hydrogen-bond acceptors (Lipinski definition) is 2. The van der Waals surface area contributed by atoms with Crippen molar-refractivity contribution in [3.05, 3.63) is 63.9 Å². The van der Waals surface area contributed by atoms with Crippen molar-refractivity contribution in [3.63, 3.8) is 0 Å². The van der Waals surface area contributed by atoms with Gasteiger partial charge < -0.3 is 5.32 Å². The van der Waals surface area contributed by atoms with Gasteiger partial charge in [-0.1, -0.05) is 35.4 Å². The third kappa shape index (κ3) is 5.24. The molecule has 0 saturated carbocycles.